The number of methoxy groups -OCH3 is 2. The van der Waals surface area contributed by atoms with Crippen molar-refractivity contribution < 1.29 is 18.3 Å². The molecule has 0 saturated heterocycles. The Morgan fingerprint density at radius 1 is 1.08 bits per heavy atom. The van der Waals surface area contributed by atoms with Gasteiger partial charge >= 0.3 is 0 Å². The van der Waals surface area contributed by atoms with Crippen molar-refractivity contribution in [1.82, 2.24) is 15.2 Å². The van der Waals surface area contributed by atoms with Gasteiger partial charge < -0.3 is 14.8 Å². The number of ether oxygens (including phenoxy) is 2. The van der Waals surface area contributed by atoms with Gasteiger partial charge in [0.1, 0.15) is 11.5 Å². The molecule has 3 aromatic rings. The van der Waals surface area contributed by atoms with Crippen molar-refractivity contribution in [2.24, 2.45) is 0 Å². The summed E-state index contributed by atoms with van der Waals surface area (Å²) in [6, 6.07) is 9.13. The van der Waals surface area contributed by atoms with Crippen LogP contribution in [0, 0.1) is 11.6 Å². The monoisotopic (exact) mass is 378 g/mol. The minimum atomic E-state index is -0.866. The molecule has 0 amide bonds. The zero-order valence-corrected chi connectivity index (χ0v) is 14.9. The molecule has 6 nitrogen and oxygen atoms in total. The molecule has 2 N–H and O–H groups in total. The maximum atomic E-state index is 13.2. The van der Waals surface area contributed by atoms with Crippen LogP contribution in [0.1, 0.15) is 5.56 Å². The second kappa shape index (κ2) is 8.05. The molecule has 136 valence electrons. The molecule has 0 unspecified atom stereocenters. The van der Waals surface area contributed by atoms with Crippen LogP contribution in [0.3, 0.4) is 0 Å². The summed E-state index contributed by atoms with van der Waals surface area (Å²) in [7, 11) is 3.13. The summed E-state index contributed by atoms with van der Waals surface area (Å²) < 4.78 is 36.6. The first-order valence-corrected chi connectivity index (χ1v) is 8.56. The van der Waals surface area contributed by atoms with Gasteiger partial charge in [0.25, 0.3) is 0 Å². The molecule has 26 heavy (non-hydrogen) atoms. The SMILES string of the molecule is COc1ccc(Nc2n[nH]c(SCc3ccc(F)c(F)c3)n2)c(OC)c1. The van der Waals surface area contributed by atoms with Gasteiger partial charge in [-0.15, -0.1) is 5.10 Å². The molecule has 1 heterocycles. The van der Waals surface area contributed by atoms with Crippen LogP contribution in [0.25, 0.3) is 0 Å². The highest BCUT2D eigenvalue weighted by atomic mass is 32.2. The molecule has 0 aliphatic carbocycles. The normalized spacial score (nSPS) is 10.6. The number of halogens is 2. The summed E-state index contributed by atoms with van der Waals surface area (Å²) in [6.07, 6.45) is 0. The van der Waals surface area contributed by atoms with Gasteiger partial charge in [-0.2, -0.15) is 4.98 Å². The van der Waals surface area contributed by atoms with Gasteiger partial charge in [0.2, 0.25) is 5.95 Å². The van der Waals surface area contributed by atoms with Crippen molar-refractivity contribution in [1.29, 1.82) is 0 Å². The maximum Gasteiger partial charge on any atom is 0.247 e. The van der Waals surface area contributed by atoms with Crippen LogP contribution < -0.4 is 14.8 Å². The number of hydrogen-bond acceptors (Lipinski definition) is 6. The van der Waals surface area contributed by atoms with E-state index in [0.29, 0.717) is 39.6 Å². The van der Waals surface area contributed by atoms with E-state index in [-0.39, 0.29) is 0 Å². The smallest absolute Gasteiger partial charge is 0.247 e. The van der Waals surface area contributed by atoms with E-state index in [1.807, 2.05) is 0 Å². The number of H-pyrrole nitrogens is 1. The highest BCUT2D eigenvalue weighted by molar-refractivity contribution is 7.98. The third-order valence-corrected chi connectivity index (χ3v) is 4.41. The molecule has 0 radical (unpaired) electrons. The standard InChI is InChI=1S/C17H16F2N4O2S/c1-24-11-4-6-14(15(8-11)25-2)20-16-21-17(23-22-16)26-9-10-3-5-12(18)13(19)7-10/h3-8H,9H2,1-2H3,(H2,20,21,22,23). The van der Waals surface area contributed by atoms with Crippen molar-refractivity contribution >= 4 is 23.4 Å². The third kappa shape index (κ3) is 4.23. The van der Waals surface area contributed by atoms with E-state index >= 15 is 0 Å². The number of aromatic amines is 1. The first-order chi connectivity index (χ1) is 12.6. The van der Waals surface area contributed by atoms with Gasteiger partial charge in [-0.05, 0) is 29.8 Å². The third-order valence-electron chi connectivity index (χ3n) is 3.48. The molecule has 9 heteroatoms. The zero-order chi connectivity index (χ0) is 18.5. The number of nitrogens with one attached hydrogen (secondary N) is 2. The lowest BCUT2D eigenvalue weighted by molar-refractivity contribution is 0.395. The van der Waals surface area contributed by atoms with Crippen LogP contribution in [0.4, 0.5) is 20.4 Å². The number of hydrogen-bond donors (Lipinski definition) is 2. The molecule has 0 spiro atoms. The van der Waals surface area contributed by atoms with E-state index in [1.165, 1.54) is 23.9 Å². The van der Waals surface area contributed by atoms with E-state index in [4.69, 9.17) is 9.47 Å². The van der Waals surface area contributed by atoms with E-state index in [2.05, 4.69) is 20.5 Å². The first-order valence-electron chi connectivity index (χ1n) is 7.57. The van der Waals surface area contributed by atoms with Gasteiger partial charge in [-0.25, -0.2) is 8.78 Å². The van der Waals surface area contributed by atoms with Crippen molar-refractivity contribution in [3.8, 4) is 11.5 Å². The van der Waals surface area contributed by atoms with E-state index in [1.54, 1.807) is 32.4 Å². The lowest BCUT2D eigenvalue weighted by Gasteiger charge is -2.10. The Bertz CT molecular complexity index is 904. The number of nitrogens with zero attached hydrogens (tertiary/aromatic N) is 2. The van der Waals surface area contributed by atoms with Crippen molar-refractivity contribution in [3.05, 3.63) is 53.6 Å². The number of rotatable bonds is 7. The summed E-state index contributed by atoms with van der Waals surface area (Å²) >= 11 is 1.33. The summed E-state index contributed by atoms with van der Waals surface area (Å²) in [4.78, 5) is 4.31. The summed E-state index contributed by atoms with van der Waals surface area (Å²) in [5.74, 6) is 0.321. The largest absolute Gasteiger partial charge is 0.497 e. The predicted molar refractivity (Wildman–Crippen MR) is 95.1 cm³/mol. The van der Waals surface area contributed by atoms with Crippen molar-refractivity contribution in [3.63, 3.8) is 0 Å². The summed E-state index contributed by atoms with van der Waals surface area (Å²) in [5, 5.41) is 10.5. The fourth-order valence-corrected chi connectivity index (χ4v) is 2.91. The second-order valence-electron chi connectivity index (χ2n) is 5.19. The fraction of sp³-hybridized carbons (Fsp3) is 0.176. The highest BCUT2D eigenvalue weighted by Gasteiger charge is 2.10. The molecule has 0 atom stereocenters. The Kier molecular flexibility index (Phi) is 5.57. The van der Waals surface area contributed by atoms with Gasteiger partial charge in [-0.3, -0.25) is 5.10 Å². The van der Waals surface area contributed by atoms with Gasteiger partial charge in [0.15, 0.2) is 16.8 Å². The lowest BCUT2D eigenvalue weighted by atomic mass is 10.2. The fourth-order valence-electron chi connectivity index (χ4n) is 2.17. The van der Waals surface area contributed by atoms with Gasteiger partial charge in [-0.1, -0.05) is 17.8 Å². The van der Waals surface area contributed by atoms with Gasteiger partial charge in [0.05, 0.1) is 19.9 Å². The minimum absolute atomic E-state index is 0.362. The predicted octanol–water partition coefficient (Wildman–Crippen LogP) is 4.14. The number of thioether (sulfide) groups is 1. The number of benzene rings is 2. The molecular weight excluding hydrogens is 362 g/mol. The van der Waals surface area contributed by atoms with Gasteiger partial charge in [0, 0.05) is 11.8 Å². The van der Waals surface area contributed by atoms with Crippen LogP contribution in [0.5, 0.6) is 11.5 Å². The summed E-state index contributed by atoms with van der Waals surface area (Å²) in [6.45, 7) is 0. The lowest BCUT2D eigenvalue weighted by Crippen LogP contribution is -1.97. The second-order valence-corrected chi connectivity index (χ2v) is 6.16. The van der Waals surface area contributed by atoms with Crippen LogP contribution in [0.15, 0.2) is 41.6 Å². The minimum Gasteiger partial charge on any atom is -0.497 e. The van der Waals surface area contributed by atoms with Crippen LogP contribution >= 0.6 is 11.8 Å². The molecule has 0 bridgehead atoms. The molecule has 0 fully saturated rings. The van der Waals surface area contributed by atoms with Crippen LogP contribution in [-0.2, 0) is 5.75 Å². The molecule has 0 saturated carbocycles. The maximum absolute atomic E-state index is 13.2. The summed E-state index contributed by atoms with van der Waals surface area (Å²) in [5.41, 5.74) is 1.33. The zero-order valence-electron chi connectivity index (χ0n) is 14.0. The first kappa shape index (κ1) is 18.0. The van der Waals surface area contributed by atoms with Crippen molar-refractivity contribution in [2.75, 3.05) is 19.5 Å². The molecular formula is C17H16F2N4O2S. The Hall–Kier alpha value is -2.81. The Labute approximate surface area is 152 Å². The van der Waals surface area contributed by atoms with Crippen LogP contribution in [-0.4, -0.2) is 29.4 Å². The highest BCUT2D eigenvalue weighted by Crippen LogP contribution is 2.31. The Morgan fingerprint density at radius 3 is 2.65 bits per heavy atom. The van der Waals surface area contributed by atoms with Crippen LogP contribution in [0.2, 0.25) is 0 Å². The molecule has 0 aliphatic heterocycles. The van der Waals surface area contributed by atoms with E-state index < -0.39 is 11.6 Å². The van der Waals surface area contributed by atoms with E-state index in [0.717, 1.165) is 6.07 Å². The molecule has 1 aromatic heterocycles. The molecule has 2 aromatic carbocycles. The number of anilines is 2. The topological polar surface area (TPSA) is 72.1 Å². The quantitative estimate of drug-likeness (QED) is 0.602. The average Bonchev–Trinajstić information content (AvgIpc) is 3.10. The Morgan fingerprint density at radius 2 is 1.92 bits per heavy atom. The Balaban J connectivity index is 1.65. The van der Waals surface area contributed by atoms with Crippen molar-refractivity contribution in [2.45, 2.75) is 10.9 Å². The average molecular weight is 378 g/mol. The molecule has 0 aliphatic rings. The molecule has 3 rings (SSSR count). The van der Waals surface area contributed by atoms with E-state index in [9.17, 15) is 8.78 Å². The number of aromatic nitrogens is 3.